The molecule has 3 rings (SSSR count). The topological polar surface area (TPSA) is 46.9 Å². The molecule has 1 heterocycles. The molecular weight excluding hydrogens is 357 g/mol. The summed E-state index contributed by atoms with van der Waals surface area (Å²) in [4.78, 5) is 12.3. The maximum atomic E-state index is 12.3. The maximum Gasteiger partial charge on any atom is 0.255 e. The third-order valence-electron chi connectivity index (χ3n) is 3.90. The van der Waals surface area contributed by atoms with Crippen LogP contribution >= 0.6 is 23.2 Å². The molecule has 0 radical (unpaired) electrons. The average molecular weight is 374 g/mol. The molecule has 0 aliphatic rings. The lowest BCUT2D eigenvalue weighted by molar-refractivity contribution is 0.102. The van der Waals surface area contributed by atoms with Gasteiger partial charge in [0.05, 0.1) is 18.4 Å². The van der Waals surface area contributed by atoms with E-state index in [-0.39, 0.29) is 5.91 Å². The van der Waals surface area contributed by atoms with E-state index in [0.717, 1.165) is 12.0 Å². The normalized spacial score (nSPS) is 10.7. The van der Waals surface area contributed by atoms with E-state index in [0.29, 0.717) is 27.8 Å². The van der Waals surface area contributed by atoms with Gasteiger partial charge in [-0.1, -0.05) is 48.3 Å². The lowest BCUT2D eigenvalue weighted by Gasteiger charge is -2.07. The number of aryl methyl sites for hydroxylation is 1. The van der Waals surface area contributed by atoms with Crippen LogP contribution in [0.25, 0.3) is 0 Å². The number of aromatic nitrogens is 2. The number of benzene rings is 2. The second-order valence-corrected chi connectivity index (χ2v) is 6.45. The number of halogens is 2. The molecule has 0 aliphatic heterocycles. The van der Waals surface area contributed by atoms with Crippen molar-refractivity contribution in [2.45, 2.75) is 19.9 Å². The molecule has 0 saturated carbocycles. The van der Waals surface area contributed by atoms with Gasteiger partial charge in [-0.25, -0.2) is 0 Å². The standard InChI is InChI=1S/C19H17Cl2N3O/c1-2-13-6-8-14(9-7-13)19(25)23-15-10-22-24(11-15)12-16-17(20)4-3-5-18(16)21/h3-11H,2,12H2,1H3,(H,23,25). The minimum absolute atomic E-state index is 0.169. The van der Waals surface area contributed by atoms with Gasteiger partial charge in [-0.05, 0) is 36.2 Å². The predicted octanol–water partition coefficient (Wildman–Crippen LogP) is 5.05. The first-order valence-electron chi connectivity index (χ1n) is 7.92. The number of hydrogen-bond acceptors (Lipinski definition) is 2. The van der Waals surface area contributed by atoms with Crippen molar-refractivity contribution in [3.63, 3.8) is 0 Å². The van der Waals surface area contributed by atoms with Gasteiger partial charge < -0.3 is 5.32 Å². The molecule has 1 amide bonds. The minimum Gasteiger partial charge on any atom is -0.319 e. The van der Waals surface area contributed by atoms with Crippen LogP contribution in [0.15, 0.2) is 54.9 Å². The van der Waals surface area contributed by atoms with E-state index < -0.39 is 0 Å². The van der Waals surface area contributed by atoms with Gasteiger partial charge in [-0.3, -0.25) is 9.48 Å². The Morgan fingerprint density at radius 1 is 1.12 bits per heavy atom. The fourth-order valence-corrected chi connectivity index (χ4v) is 2.97. The fourth-order valence-electron chi connectivity index (χ4n) is 2.46. The van der Waals surface area contributed by atoms with Crippen LogP contribution in [0.5, 0.6) is 0 Å². The fraction of sp³-hybridized carbons (Fsp3) is 0.158. The van der Waals surface area contributed by atoms with Crippen molar-refractivity contribution in [2.24, 2.45) is 0 Å². The van der Waals surface area contributed by atoms with Crippen molar-refractivity contribution in [3.05, 3.63) is 81.6 Å². The number of hydrogen-bond donors (Lipinski definition) is 1. The SMILES string of the molecule is CCc1ccc(C(=O)Nc2cnn(Cc3c(Cl)cccc3Cl)c2)cc1. The lowest BCUT2D eigenvalue weighted by atomic mass is 10.1. The Balaban J connectivity index is 1.70. The number of nitrogens with zero attached hydrogens (tertiary/aromatic N) is 2. The van der Waals surface area contributed by atoms with Crippen LogP contribution in [-0.4, -0.2) is 15.7 Å². The molecule has 6 heteroatoms. The third kappa shape index (κ3) is 4.21. The molecular formula is C19H17Cl2N3O. The van der Waals surface area contributed by atoms with Crippen LogP contribution in [-0.2, 0) is 13.0 Å². The average Bonchev–Trinajstić information content (AvgIpc) is 3.05. The van der Waals surface area contributed by atoms with Gasteiger partial charge >= 0.3 is 0 Å². The Labute approximate surface area is 156 Å². The third-order valence-corrected chi connectivity index (χ3v) is 4.61. The smallest absolute Gasteiger partial charge is 0.255 e. The molecule has 0 bridgehead atoms. The van der Waals surface area contributed by atoms with Crippen LogP contribution in [0, 0.1) is 0 Å². The minimum atomic E-state index is -0.169. The van der Waals surface area contributed by atoms with Gasteiger partial charge in [0.15, 0.2) is 0 Å². The Bertz CT molecular complexity index is 868. The summed E-state index contributed by atoms with van der Waals surface area (Å²) in [6, 6.07) is 12.9. The molecule has 0 atom stereocenters. The van der Waals surface area contributed by atoms with E-state index in [1.807, 2.05) is 24.3 Å². The molecule has 1 aromatic heterocycles. The molecule has 3 aromatic rings. The van der Waals surface area contributed by atoms with Crippen LogP contribution in [0.2, 0.25) is 10.0 Å². The van der Waals surface area contributed by atoms with E-state index in [1.165, 1.54) is 5.56 Å². The Morgan fingerprint density at radius 3 is 2.44 bits per heavy atom. The van der Waals surface area contributed by atoms with Gasteiger partial charge in [-0.15, -0.1) is 0 Å². The molecule has 25 heavy (non-hydrogen) atoms. The quantitative estimate of drug-likeness (QED) is 0.679. The Morgan fingerprint density at radius 2 is 1.80 bits per heavy atom. The van der Waals surface area contributed by atoms with Gasteiger partial charge in [0, 0.05) is 27.4 Å². The molecule has 1 N–H and O–H groups in total. The number of amides is 1. The van der Waals surface area contributed by atoms with Crippen molar-refractivity contribution in [3.8, 4) is 0 Å². The van der Waals surface area contributed by atoms with E-state index in [2.05, 4.69) is 17.3 Å². The zero-order valence-electron chi connectivity index (χ0n) is 13.7. The summed E-state index contributed by atoms with van der Waals surface area (Å²) in [5, 5.41) is 8.27. The van der Waals surface area contributed by atoms with Crippen molar-refractivity contribution in [2.75, 3.05) is 5.32 Å². The lowest BCUT2D eigenvalue weighted by Crippen LogP contribution is -2.11. The number of anilines is 1. The van der Waals surface area contributed by atoms with Gasteiger partial charge in [0.2, 0.25) is 0 Å². The van der Waals surface area contributed by atoms with Gasteiger partial charge in [0.25, 0.3) is 5.91 Å². The largest absolute Gasteiger partial charge is 0.319 e. The highest BCUT2D eigenvalue weighted by molar-refractivity contribution is 6.35. The van der Waals surface area contributed by atoms with Gasteiger partial charge in [-0.2, -0.15) is 5.10 Å². The molecule has 2 aromatic carbocycles. The summed E-state index contributed by atoms with van der Waals surface area (Å²) in [5.41, 5.74) is 3.22. The summed E-state index contributed by atoms with van der Waals surface area (Å²) in [5.74, 6) is -0.169. The van der Waals surface area contributed by atoms with Crippen molar-refractivity contribution in [1.29, 1.82) is 0 Å². The van der Waals surface area contributed by atoms with Crippen molar-refractivity contribution >= 4 is 34.8 Å². The zero-order chi connectivity index (χ0) is 17.8. The van der Waals surface area contributed by atoms with Crippen LogP contribution < -0.4 is 5.32 Å². The van der Waals surface area contributed by atoms with E-state index in [9.17, 15) is 4.79 Å². The molecule has 4 nitrogen and oxygen atoms in total. The predicted molar refractivity (Wildman–Crippen MR) is 102 cm³/mol. The molecule has 0 saturated heterocycles. The number of carbonyl (C=O) groups is 1. The first kappa shape index (κ1) is 17.5. The van der Waals surface area contributed by atoms with Crippen molar-refractivity contribution in [1.82, 2.24) is 9.78 Å². The molecule has 0 aliphatic carbocycles. The molecule has 0 spiro atoms. The summed E-state index contributed by atoms with van der Waals surface area (Å²) in [6.45, 7) is 2.51. The first-order valence-corrected chi connectivity index (χ1v) is 8.68. The van der Waals surface area contributed by atoms with E-state index >= 15 is 0 Å². The number of carbonyl (C=O) groups excluding carboxylic acids is 1. The Kier molecular flexibility index (Phi) is 5.41. The monoisotopic (exact) mass is 373 g/mol. The summed E-state index contributed by atoms with van der Waals surface area (Å²) < 4.78 is 1.68. The van der Waals surface area contributed by atoms with Crippen LogP contribution in [0.4, 0.5) is 5.69 Å². The molecule has 128 valence electrons. The number of nitrogens with one attached hydrogen (secondary N) is 1. The van der Waals surface area contributed by atoms with Crippen LogP contribution in [0.3, 0.4) is 0 Å². The second kappa shape index (κ2) is 7.72. The highest BCUT2D eigenvalue weighted by Crippen LogP contribution is 2.25. The highest BCUT2D eigenvalue weighted by atomic mass is 35.5. The number of rotatable bonds is 5. The molecule has 0 unspecified atom stereocenters. The van der Waals surface area contributed by atoms with Crippen molar-refractivity contribution < 1.29 is 4.79 Å². The van der Waals surface area contributed by atoms with Crippen LogP contribution in [0.1, 0.15) is 28.4 Å². The summed E-state index contributed by atoms with van der Waals surface area (Å²) in [6.07, 6.45) is 4.29. The first-order chi connectivity index (χ1) is 12.1. The van der Waals surface area contributed by atoms with Gasteiger partial charge in [0.1, 0.15) is 0 Å². The van der Waals surface area contributed by atoms with E-state index in [1.54, 1.807) is 35.3 Å². The summed E-state index contributed by atoms with van der Waals surface area (Å²) in [7, 11) is 0. The second-order valence-electron chi connectivity index (χ2n) is 5.63. The summed E-state index contributed by atoms with van der Waals surface area (Å²) >= 11 is 12.4. The Hall–Kier alpha value is -2.30. The maximum absolute atomic E-state index is 12.3. The van der Waals surface area contributed by atoms with E-state index in [4.69, 9.17) is 23.2 Å². The zero-order valence-corrected chi connectivity index (χ0v) is 15.2. The highest BCUT2D eigenvalue weighted by Gasteiger charge is 2.10. The molecule has 0 fully saturated rings.